The topological polar surface area (TPSA) is 83.2 Å². The van der Waals surface area contributed by atoms with E-state index in [1.165, 1.54) is 18.4 Å². The maximum absolute atomic E-state index is 13.5. The predicted molar refractivity (Wildman–Crippen MR) is 123 cm³/mol. The third-order valence-electron chi connectivity index (χ3n) is 5.86. The minimum Gasteiger partial charge on any atom is -0.503 e. The van der Waals surface area contributed by atoms with Crippen LogP contribution in [0.2, 0.25) is 0 Å². The van der Waals surface area contributed by atoms with Crippen molar-refractivity contribution in [2.24, 2.45) is 0 Å². The van der Waals surface area contributed by atoms with Crippen molar-refractivity contribution in [1.82, 2.24) is 9.80 Å². The van der Waals surface area contributed by atoms with Gasteiger partial charge in [0.15, 0.2) is 22.9 Å². The summed E-state index contributed by atoms with van der Waals surface area (Å²) in [5, 5.41) is 13.4. The van der Waals surface area contributed by atoms with Gasteiger partial charge in [-0.2, -0.15) is 0 Å². The van der Waals surface area contributed by atoms with Crippen LogP contribution in [0, 0.1) is 0 Å². The molecule has 1 N–H and O–H groups in total. The summed E-state index contributed by atoms with van der Waals surface area (Å²) in [7, 11) is 1.53. The lowest BCUT2D eigenvalue weighted by Gasteiger charge is -2.28. The van der Waals surface area contributed by atoms with Crippen LogP contribution in [0.15, 0.2) is 57.5 Å². The van der Waals surface area contributed by atoms with Crippen LogP contribution in [0.25, 0.3) is 11.0 Å². The number of amides is 1. The summed E-state index contributed by atoms with van der Waals surface area (Å²) in [5.41, 5.74) is 0.504. The molecule has 0 saturated carbocycles. The number of hydrogen-bond acceptors (Lipinski definition) is 7. The number of methoxy groups -OCH3 is 1. The van der Waals surface area contributed by atoms with Gasteiger partial charge in [-0.3, -0.25) is 9.59 Å². The predicted octanol–water partition coefficient (Wildman–Crippen LogP) is 4.42. The summed E-state index contributed by atoms with van der Waals surface area (Å²) in [5.74, 6) is -0.977. The molecule has 32 heavy (non-hydrogen) atoms. The Morgan fingerprint density at radius 3 is 2.69 bits per heavy atom. The summed E-state index contributed by atoms with van der Waals surface area (Å²) in [6.45, 7) is 6.89. The number of para-hydroxylation sites is 1. The third kappa shape index (κ3) is 3.80. The van der Waals surface area contributed by atoms with E-state index in [0.717, 1.165) is 18.0 Å². The maximum Gasteiger partial charge on any atom is 0.290 e. The van der Waals surface area contributed by atoms with E-state index in [0.29, 0.717) is 29.8 Å². The Balaban J connectivity index is 1.72. The average Bonchev–Trinajstić information content (AvgIpc) is 3.53. The highest BCUT2D eigenvalue weighted by Gasteiger charge is 2.45. The zero-order valence-corrected chi connectivity index (χ0v) is 19.1. The molecule has 0 fully saturated rings. The van der Waals surface area contributed by atoms with Crippen molar-refractivity contribution < 1.29 is 23.8 Å². The number of nitrogens with zero attached hydrogens (tertiary/aromatic N) is 2. The molecule has 0 radical (unpaired) electrons. The van der Waals surface area contributed by atoms with Crippen LogP contribution in [0.3, 0.4) is 0 Å². The number of ketones is 1. The number of fused-ring (bicyclic) bond motifs is 1. The van der Waals surface area contributed by atoms with E-state index in [9.17, 15) is 14.7 Å². The largest absolute Gasteiger partial charge is 0.503 e. The number of likely N-dealkylation sites (N-methyl/N-ethyl adjacent to an activating group) is 1. The van der Waals surface area contributed by atoms with Crippen LogP contribution in [0.5, 0.6) is 5.75 Å². The molecule has 0 saturated heterocycles. The Morgan fingerprint density at radius 1 is 1.25 bits per heavy atom. The molecule has 3 aromatic rings. The summed E-state index contributed by atoms with van der Waals surface area (Å²) in [4.78, 5) is 31.2. The highest BCUT2D eigenvalue weighted by Crippen LogP contribution is 2.41. The number of Topliss-reactive ketones (excluding diaryl/α,β-unsaturated/α-hetero) is 1. The number of hydrogen-bond donors (Lipinski definition) is 1. The number of benzene rings is 1. The highest BCUT2D eigenvalue weighted by molar-refractivity contribution is 7.10. The summed E-state index contributed by atoms with van der Waals surface area (Å²) in [6, 6.07) is 10.1. The molecule has 4 rings (SSSR count). The number of aliphatic hydroxyl groups is 1. The lowest BCUT2D eigenvalue weighted by molar-refractivity contribution is -0.129. The number of furan rings is 1. The quantitative estimate of drug-likeness (QED) is 0.482. The van der Waals surface area contributed by atoms with Crippen molar-refractivity contribution in [1.29, 1.82) is 0 Å². The van der Waals surface area contributed by atoms with Crippen LogP contribution in [0.4, 0.5) is 0 Å². The number of carbonyl (C=O) groups is 2. The fourth-order valence-electron chi connectivity index (χ4n) is 4.09. The van der Waals surface area contributed by atoms with E-state index >= 15 is 0 Å². The molecule has 1 aliphatic heterocycles. The molecular weight excluding hydrogens is 428 g/mol. The van der Waals surface area contributed by atoms with Crippen molar-refractivity contribution in [2.45, 2.75) is 19.9 Å². The Hall–Kier alpha value is -3.10. The number of rotatable bonds is 9. The Bertz CT molecular complexity index is 1160. The molecule has 3 heterocycles. The number of ether oxygens (including phenoxy) is 1. The normalized spacial score (nSPS) is 16.6. The molecule has 8 heteroatoms. The van der Waals surface area contributed by atoms with E-state index in [1.54, 1.807) is 17.0 Å². The first-order valence-corrected chi connectivity index (χ1v) is 11.5. The van der Waals surface area contributed by atoms with E-state index in [-0.39, 0.29) is 11.3 Å². The second-order valence-corrected chi connectivity index (χ2v) is 8.50. The SMILES string of the molecule is CCN(CC)CCN1C(=O)C(O)=C(C(=O)c2cc3cccc(OC)c3o2)[C@H]1c1cccs1. The first-order valence-electron chi connectivity index (χ1n) is 10.6. The van der Waals surface area contributed by atoms with Crippen molar-refractivity contribution in [2.75, 3.05) is 33.3 Å². The van der Waals surface area contributed by atoms with Crippen LogP contribution in [-0.4, -0.2) is 59.9 Å². The zero-order chi connectivity index (χ0) is 22.8. The highest BCUT2D eigenvalue weighted by atomic mass is 32.1. The molecule has 0 bridgehead atoms. The van der Waals surface area contributed by atoms with Crippen molar-refractivity contribution in [3.05, 3.63) is 63.7 Å². The number of aliphatic hydroxyl groups excluding tert-OH is 1. The zero-order valence-electron chi connectivity index (χ0n) is 18.3. The second kappa shape index (κ2) is 9.18. The molecule has 0 aliphatic carbocycles. The molecule has 1 aliphatic rings. The van der Waals surface area contributed by atoms with E-state index < -0.39 is 23.5 Å². The smallest absolute Gasteiger partial charge is 0.290 e. The van der Waals surface area contributed by atoms with E-state index in [2.05, 4.69) is 18.7 Å². The van der Waals surface area contributed by atoms with Crippen molar-refractivity contribution >= 4 is 34.0 Å². The van der Waals surface area contributed by atoms with Crippen LogP contribution >= 0.6 is 11.3 Å². The molecule has 1 amide bonds. The first-order chi connectivity index (χ1) is 15.5. The fraction of sp³-hybridized carbons (Fsp3) is 0.333. The molecule has 2 aromatic heterocycles. The summed E-state index contributed by atoms with van der Waals surface area (Å²) >= 11 is 1.45. The summed E-state index contributed by atoms with van der Waals surface area (Å²) < 4.78 is 11.2. The Morgan fingerprint density at radius 2 is 2.03 bits per heavy atom. The van der Waals surface area contributed by atoms with Crippen LogP contribution < -0.4 is 4.74 Å². The lowest BCUT2D eigenvalue weighted by Crippen LogP contribution is -2.38. The minimum absolute atomic E-state index is 0.0509. The molecule has 1 atom stereocenters. The average molecular weight is 455 g/mol. The van der Waals surface area contributed by atoms with Gasteiger partial charge in [-0.1, -0.05) is 32.0 Å². The number of thiophene rings is 1. The first kappa shape index (κ1) is 22.1. The van der Waals surface area contributed by atoms with Gasteiger partial charge in [0.2, 0.25) is 5.78 Å². The van der Waals surface area contributed by atoms with Crippen molar-refractivity contribution in [3.63, 3.8) is 0 Å². The van der Waals surface area contributed by atoms with Gasteiger partial charge in [0.05, 0.1) is 18.7 Å². The van der Waals surface area contributed by atoms with Gasteiger partial charge in [-0.25, -0.2) is 0 Å². The van der Waals surface area contributed by atoms with Gasteiger partial charge in [0.25, 0.3) is 5.91 Å². The lowest BCUT2D eigenvalue weighted by atomic mass is 10.00. The van der Waals surface area contributed by atoms with Gasteiger partial charge in [0.1, 0.15) is 0 Å². The maximum atomic E-state index is 13.5. The standard InChI is InChI=1S/C24H26N2O5S/c1-4-25(5-2)11-12-26-20(18-10-7-13-32-18)19(22(28)24(26)29)21(27)17-14-15-8-6-9-16(30-3)23(15)31-17/h6-10,13-14,20,28H,4-5,11-12H2,1-3H3/t20-/m1/s1. The minimum atomic E-state index is -0.652. The van der Waals surface area contributed by atoms with Crippen molar-refractivity contribution in [3.8, 4) is 5.75 Å². The van der Waals surface area contributed by atoms with Gasteiger partial charge in [-0.05, 0) is 36.7 Å². The Kier molecular flexibility index (Phi) is 6.34. The van der Waals surface area contributed by atoms with Crippen LogP contribution in [-0.2, 0) is 4.79 Å². The molecule has 0 unspecified atom stereocenters. The summed E-state index contributed by atoms with van der Waals surface area (Å²) in [6.07, 6.45) is 0. The molecule has 1 aromatic carbocycles. The third-order valence-corrected chi connectivity index (χ3v) is 6.79. The van der Waals surface area contributed by atoms with Gasteiger partial charge in [0, 0.05) is 23.4 Å². The van der Waals surface area contributed by atoms with Crippen LogP contribution in [0.1, 0.15) is 35.3 Å². The molecular formula is C24H26N2O5S. The second-order valence-electron chi connectivity index (χ2n) is 7.52. The van der Waals surface area contributed by atoms with Gasteiger partial charge in [-0.15, -0.1) is 11.3 Å². The van der Waals surface area contributed by atoms with Gasteiger partial charge < -0.3 is 24.1 Å². The van der Waals surface area contributed by atoms with E-state index in [1.807, 2.05) is 29.6 Å². The van der Waals surface area contributed by atoms with E-state index in [4.69, 9.17) is 9.15 Å². The molecule has 7 nitrogen and oxygen atoms in total. The number of carbonyl (C=O) groups excluding carboxylic acids is 2. The monoisotopic (exact) mass is 454 g/mol. The Labute approximate surface area is 190 Å². The molecule has 168 valence electrons. The fourth-order valence-corrected chi connectivity index (χ4v) is 4.93. The van der Waals surface area contributed by atoms with Gasteiger partial charge >= 0.3 is 0 Å². The molecule has 0 spiro atoms.